The molecule has 0 aliphatic carbocycles. The summed E-state index contributed by atoms with van der Waals surface area (Å²) in [5.74, 6) is 1.01. The van der Waals surface area contributed by atoms with Gasteiger partial charge in [-0.3, -0.25) is 15.5 Å². The monoisotopic (exact) mass is 380 g/mol. The molecule has 0 saturated heterocycles. The van der Waals surface area contributed by atoms with Crippen LogP contribution in [0.4, 0.5) is 11.4 Å². The van der Waals surface area contributed by atoms with Gasteiger partial charge in [-0.1, -0.05) is 30.3 Å². The number of hydrogen-bond acceptors (Lipinski definition) is 5. The fourth-order valence-electron chi connectivity index (χ4n) is 2.37. The summed E-state index contributed by atoms with van der Waals surface area (Å²) in [5.41, 5.74) is 4.83. The molecular weight excluding hydrogens is 364 g/mol. The molecule has 0 amide bonds. The topological polar surface area (TPSA) is 92.7 Å². The lowest BCUT2D eigenvalue weighted by molar-refractivity contribution is -0.385. The SMILES string of the molecule is Cc1ccc(-c2ccc(C=NNC(=S)Nc3ccccc3)o2)cc1[N+](=O)[O-]. The fraction of sp³-hybridized carbons (Fsp3) is 0.0526. The van der Waals surface area contributed by atoms with Crippen LogP contribution in [0.3, 0.4) is 0 Å². The molecule has 136 valence electrons. The number of benzene rings is 2. The van der Waals surface area contributed by atoms with E-state index in [1.807, 2.05) is 30.3 Å². The molecule has 0 aliphatic rings. The van der Waals surface area contributed by atoms with E-state index in [1.165, 1.54) is 12.3 Å². The van der Waals surface area contributed by atoms with E-state index in [-0.39, 0.29) is 5.69 Å². The number of anilines is 1. The zero-order valence-electron chi connectivity index (χ0n) is 14.4. The molecule has 0 saturated carbocycles. The number of rotatable bonds is 5. The Balaban J connectivity index is 1.64. The minimum atomic E-state index is -0.408. The van der Waals surface area contributed by atoms with Crippen LogP contribution in [0.25, 0.3) is 11.3 Å². The molecule has 0 unspecified atom stereocenters. The maximum Gasteiger partial charge on any atom is 0.273 e. The smallest absolute Gasteiger partial charge is 0.273 e. The minimum Gasteiger partial charge on any atom is -0.455 e. The Morgan fingerprint density at radius 3 is 2.70 bits per heavy atom. The van der Waals surface area contributed by atoms with Gasteiger partial charge in [0.2, 0.25) is 0 Å². The van der Waals surface area contributed by atoms with Crippen molar-refractivity contribution in [2.24, 2.45) is 5.10 Å². The number of hydrogen-bond donors (Lipinski definition) is 2. The molecular formula is C19H16N4O3S. The predicted octanol–water partition coefficient (Wildman–Crippen LogP) is 4.48. The van der Waals surface area contributed by atoms with Crippen molar-refractivity contribution in [2.45, 2.75) is 6.92 Å². The van der Waals surface area contributed by atoms with Crippen molar-refractivity contribution in [3.05, 3.63) is 82.1 Å². The highest BCUT2D eigenvalue weighted by Crippen LogP contribution is 2.27. The van der Waals surface area contributed by atoms with Crippen molar-refractivity contribution in [3.63, 3.8) is 0 Å². The van der Waals surface area contributed by atoms with E-state index >= 15 is 0 Å². The Hall–Kier alpha value is -3.52. The lowest BCUT2D eigenvalue weighted by Gasteiger charge is -2.05. The Kier molecular flexibility index (Phi) is 5.58. The van der Waals surface area contributed by atoms with Crippen LogP contribution in [-0.2, 0) is 0 Å². The lowest BCUT2D eigenvalue weighted by Crippen LogP contribution is -2.23. The van der Waals surface area contributed by atoms with Crippen molar-refractivity contribution in [2.75, 3.05) is 5.32 Å². The first-order chi connectivity index (χ1) is 13.0. The van der Waals surface area contributed by atoms with E-state index in [9.17, 15) is 10.1 Å². The van der Waals surface area contributed by atoms with Crippen LogP contribution in [-0.4, -0.2) is 16.3 Å². The standard InChI is InChI=1S/C19H16N4O3S/c1-13-7-8-14(11-17(13)23(24)25)18-10-9-16(26-18)12-20-22-19(27)21-15-5-3-2-4-6-15/h2-12H,1H3,(H2,21,22,27). The summed E-state index contributed by atoms with van der Waals surface area (Å²) in [5, 5.41) is 18.4. The number of nitrogens with zero attached hydrogens (tertiary/aromatic N) is 2. The highest BCUT2D eigenvalue weighted by molar-refractivity contribution is 7.80. The third-order valence-corrected chi connectivity index (χ3v) is 3.90. The van der Waals surface area contributed by atoms with Gasteiger partial charge in [0.25, 0.3) is 5.69 Å². The molecule has 3 aromatic rings. The number of nitro groups is 1. The zero-order chi connectivity index (χ0) is 19.2. The Morgan fingerprint density at radius 1 is 1.19 bits per heavy atom. The van der Waals surface area contributed by atoms with E-state index < -0.39 is 4.92 Å². The molecule has 3 rings (SSSR count). The fourth-order valence-corrected chi connectivity index (χ4v) is 2.54. The quantitative estimate of drug-likeness (QED) is 0.293. The number of para-hydroxylation sites is 1. The minimum absolute atomic E-state index is 0.0538. The summed E-state index contributed by atoms with van der Waals surface area (Å²) in [6.45, 7) is 1.69. The van der Waals surface area contributed by atoms with E-state index in [1.54, 1.807) is 31.2 Å². The van der Waals surface area contributed by atoms with Crippen LogP contribution >= 0.6 is 12.2 Å². The molecule has 27 heavy (non-hydrogen) atoms. The second-order valence-corrected chi connectivity index (χ2v) is 6.06. The Morgan fingerprint density at radius 2 is 1.96 bits per heavy atom. The maximum atomic E-state index is 11.1. The Labute approximate surface area is 160 Å². The zero-order valence-corrected chi connectivity index (χ0v) is 15.2. The van der Waals surface area contributed by atoms with Gasteiger partial charge in [0.1, 0.15) is 11.5 Å². The van der Waals surface area contributed by atoms with Crippen LogP contribution < -0.4 is 10.7 Å². The molecule has 0 radical (unpaired) electrons. The summed E-state index contributed by atoms with van der Waals surface area (Å²) in [7, 11) is 0. The van der Waals surface area contributed by atoms with E-state index in [2.05, 4.69) is 15.8 Å². The first-order valence-electron chi connectivity index (χ1n) is 8.03. The van der Waals surface area contributed by atoms with Crippen molar-refractivity contribution >= 4 is 34.9 Å². The molecule has 2 aromatic carbocycles. The third-order valence-electron chi connectivity index (χ3n) is 3.71. The Bertz CT molecular complexity index is 999. The number of thiocarbonyl (C=S) groups is 1. The first kappa shape index (κ1) is 18.3. The molecule has 1 aromatic heterocycles. The van der Waals surface area contributed by atoms with Gasteiger partial charge in [0, 0.05) is 22.9 Å². The van der Waals surface area contributed by atoms with Crippen LogP contribution in [0, 0.1) is 17.0 Å². The van der Waals surface area contributed by atoms with Gasteiger partial charge in [0.05, 0.1) is 11.1 Å². The van der Waals surface area contributed by atoms with Crippen molar-refractivity contribution in [1.29, 1.82) is 0 Å². The number of furan rings is 1. The number of nitro benzene ring substituents is 1. The molecule has 8 heteroatoms. The van der Waals surface area contributed by atoms with Crippen LogP contribution in [0.2, 0.25) is 0 Å². The summed E-state index contributed by atoms with van der Waals surface area (Å²) < 4.78 is 5.67. The van der Waals surface area contributed by atoms with Crippen LogP contribution in [0.15, 0.2) is 70.2 Å². The highest BCUT2D eigenvalue weighted by atomic mass is 32.1. The molecule has 0 atom stereocenters. The number of nitrogens with one attached hydrogen (secondary N) is 2. The second kappa shape index (κ2) is 8.24. The molecule has 0 spiro atoms. The highest BCUT2D eigenvalue weighted by Gasteiger charge is 2.13. The largest absolute Gasteiger partial charge is 0.455 e. The normalized spacial score (nSPS) is 10.7. The molecule has 2 N–H and O–H groups in total. The predicted molar refractivity (Wildman–Crippen MR) is 109 cm³/mol. The van der Waals surface area contributed by atoms with Gasteiger partial charge in [0.15, 0.2) is 5.11 Å². The molecule has 0 bridgehead atoms. The van der Waals surface area contributed by atoms with Crippen LogP contribution in [0.5, 0.6) is 0 Å². The summed E-state index contributed by atoms with van der Waals surface area (Å²) in [4.78, 5) is 10.7. The number of hydrazone groups is 1. The number of aryl methyl sites for hydroxylation is 1. The van der Waals surface area contributed by atoms with Gasteiger partial charge in [-0.25, -0.2) is 0 Å². The summed E-state index contributed by atoms with van der Waals surface area (Å²) in [6.07, 6.45) is 1.48. The third kappa shape index (κ3) is 4.77. The van der Waals surface area contributed by atoms with Gasteiger partial charge in [-0.05, 0) is 43.4 Å². The van der Waals surface area contributed by atoms with E-state index in [0.717, 1.165) is 5.69 Å². The molecule has 1 heterocycles. The van der Waals surface area contributed by atoms with Crippen molar-refractivity contribution in [3.8, 4) is 11.3 Å². The lowest BCUT2D eigenvalue weighted by atomic mass is 10.1. The molecule has 0 aliphatic heterocycles. The average molecular weight is 380 g/mol. The van der Waals surface area contributed by atoms with Crippen molar-refractivity contribution in [1.82, 2.24) is 5.43 Å². The summed E-state index contributed by atoms with van der Waals surface area (Å²) >= 11 is 5.15. The van der Waals surface area contributed by atoms with E-state index in [0.29, 0.717) is 27.8 Å². The van der Waals surface area contributed by atoms with Gasteiger partial charge < -0.3 is 9.73 Å². The van der Waals surface area contributed by atoms with Crippen molar-refractivity contribution < 1.29 is 9.34 Å². The van der Waals surface area contributed by atoms with Gasteiger partial charge >= 0.3 is 0 Å². The van der Waals surface area contributed by atoms with Gasteiger partial charge in [-0.2, -0.15) is 5.10 Å². The van der Waals surface area contributed by atoms with Crippen LogP contribution in [0.1, 0.15) is 11.3 Å². The second-order valence-electron chi connectivity index (χ2n) is 5.65. The maximum absolute atomic E-state index is 11.1. The van der Waals surface area contributed by atoms with Gasteiger partial charge in [-0.15, -0.1) is 0 Å². The van der Waals surface area contributed by atoms with E-state index in [4.69, 9.17) is 16.6 Å². The summed E-state index contributed by atoms with van der Waals surface area (Å²) in [6, 6.07) is 17.9. The first-order valence-corrected chi connectivity index (χ1v) is 8.44. The molecule has 0 fully saturated rings. The molecule has 7 nitrogen and oxygen atoms in total. The average Bonchev–Trinajstić information content (AvgIpc) is 3.11.